The summed E-state index contributed by atoms with van der Waals surface area (Å²) in [6.07, 6.45) is 4.66. The van der Waals surface area contributed by atoms with Crippen molar-refractivity contribution in [2.45, 2.75) is 64.1 Å². The molecule has 0 radical (unpaired) electrons. The zero-order valence-electron chi connectivity index (χ0n) is 13.2. The first-order valence-corrected chi connectivity index (χ1v) is 9.25. The Morgan fingerprint density at radius 1 is 1.43 bits per heavy atom. The van der Waals surface area contributed by atoms with Crippen LogP contribution in [0.2, 0.25) is 0 Å². The topological polar surface area (TPSA) is 68.3 Å². The molecule has 21 heavy (non-hydrogen) atoms. The quantitative estimate of drug-likeness (QED) is 0.799. The fraction of sp³-hybridized carbons (Fsp3) is 0.733. The molecule has 0 unspecified atom stereocenters. The first kappa shape index (κ1) is 16.5. The third-order valence-electron chi connectivity index (χ3n) is 3.74. The highest BCUT2D eigenvalue weighted by molar-refractivity contribution is 7.89. The molecule has 0 atom stereocenters. The van der Waals surface area contributed by atoms with Crippen molar-refractivity contribution < 1.29 is 8.42 Å². The van der Waals surface area contributed by atoms with Crippen molar-refractivity contribution in [1.29, 1.82) is 0 Å². The third-order valence-corrected chi connectivity index (χ3v) is 5.62. The van der Waals surface area contributed by atoms with Crippen LogP contribution in [-0.2, 0) is 23.1 Å². The molecule has 0 aromatic carbocycles. The van der Waals surface area contributed by atoms with Crippen LogP contribution in [-0.4, -0.2) is 29.9 Å². The molecule has 0 saturated heterocycles. The molecule has 2 rings (SSSR count). The van der Waals surface area contributed by atoms with Gasteiger partial charge in [-0.1, -0.05) is 20.8 Å². The number of aryl methyl sites for hydroxylation is 1. The highest BCUT2D eigenvalue weighted by Gasteiger charge is 2.38. The van der Waals surface area contributed by atoms with E-state index in [1.807, 2.05) is 4.57 Å². The summed E-state index contributed by atoms with van der Waals surface area (Å²) in [5, 5.41) is 0. The van der Waals surface area contributed by atoms with Gasteiger partial charge in [0.2, 0.25) is 10.0 Å². The molecule has 1 aliphatic rings. The number of nitrogens with two attached hydrogens (primary N) is 1. The van der Waals surface area contributed by atoms with Crippen LogP contribution in [0.25, 0.3) is 0 Å². The molecule has 1 aromatic heterocycles. The molecule has 1 fully saturated rings. The largest absolute Gasteiger partial charge is 0.349 e. The van der Waals surface area contributed by atoms with E-state index in [4.69, 9.17) is 5.73 Å². The predicted molar refractivity (Wildman–Crippen MR) is 84.4 cm³/mol. The van der Waals surface area contributed by atoms with E-state index in [0.29, 0.717) is 23.9 Å². The average molecular weight is 313 g/mol. The van der Waals surface area contributed by atoms with Gasteiger partial charge in [-0.05, 0) is 31.2 Å². The fourth-order valence-corrected chi connectivity index (χ4v) is 4.50. The molecule has 1 aromatic rings. The summed E-state index contributed by atoms with van der Waals surface area (Å²) in [6, 6.07) is 1.93. The van der Waals surface area contributed by atoms with E-state index >= 15 is 0 Å². The summed E-state index contributed by atoms with van der Waals surface area (Å²) in [7, 11) is -3.41. The monoisotopic (exact) mass is 313 g/mol. The summed E-state index contributed by atoms with van der Waals surface area (Å²) in [4.78, 5) is 0.393. The molecular weight excluding hydrogens is 286 g/mol. The van der Waals surface area contributed by atoms with Crippen LogP contribution in [0.4, 0.5) is 0 Å². The van der Waals surface area contributed by atoms with E-state index in [9.17, 15) is 8.42 Å². The molecule has 5 nitrogen and oxygen atoms in total. The Bertz CT molecular complexity index is 574. The van der Waals surface area contributed by atoms with Gasteiger partial charge in [-0.25, -0.2) is 8.42 Å². The summed E-state index contributed by atoms with van der Waals surface area (Å²) < 4.78 is 29.5. The lowest BCUT2D eigenvalue weighted by molar-refractivity contribution is 0.360. The number of hydrogen-bond acceptors (Lipinski definition) is 3. The Labute approximate surface area is 128 Å². The van der Waals surface area contributed by atoms with Crippen molar-refractivity contribution in [2.24, 2.45) is 11.7 Å². The predicted octanol–water partition coefficient (Wildman–Crippen LogP) is 2.17. The number of hydrogen-bond donors (Lipinski definition) is 1. The lowest BCUT2D eigenvalue weighted by Crippen LogP contribution is -2.36. The minimum atomic E-state index is -3.41. The van der Waals surface area contributed by atoms with Crippen LogP contribution in [0.3, 0.4) is 0 Å². The molecule has 1 aliphatic carbocycles. The van der Waals surface area contributed by atoms with Gasteiger partial charge in [0.05, 0.1) is 0 Å². The number of rotatable bonds is 8. The summed E-state index contributed by atoms with van der Waals surface area (Å²) in [5.74, 6) is 0.326. The Morgan fingerprint density at radius 2 is 2.10 bits per heavy atom. The smallest absolute Gasteiger partial charge is 0.244 e. The SMILES string of the molecule is CCCn1cc(S(=O)(=O)N(CC(C)C)C2CC2)cc1CN. The van der Waals surface area contributed by atoms with Crippen LogP contribution in [0.5, 0.6) is 0 Å². The molecule has 1 saturated carbocycles. The molecule has 120 valence electrons. The highest BCUT2D eigenvalue weighted by Crippen LogP contribution is 2.33. The molecule has 0 spiro atoms. The second kappa shape index (κ2) is 6.50. The molecule has 0 aliphatic heterocycles. The lowest BCUT2D eigenvalue weighted by Gasteiger charge is -2.23. The highest BCUT2D eigenvalue weighted by atomic mass is 32.2. The first-order valence-electron chi connectivity index (χ1n) is 7.81. The molecule has 0 amide bonds. The Balaban J connectivity index is 2.33. The summed E-state index contributed by atoms with van der Waals surface area (Å²) in [6.45, 7) is 7.93. The standard InChI is InChI=1S/C15H27N3O2S/c1-4-7-17-11-15(8-14(17)9-16)21(19,20)18(10-12(2)3)13-5-6-13/h8,11-13H,4-7,9-10,16H2,1-3H3. The van der Waals surface area contributed by atoms with Gasteiger partial charge in [-0.2, -0.15) is 4.31 Å². The van der Waals surface area contributed by atoms with Crippen LogP contribution in [0, 0.1) is 5.92 Å². The zero-order chi connectivity index (χ0) is 15.6. The molecule has 2 N–H and O–H groups in total. The van der Waals surface area contributed by atoms with Gasteiger partial charge in [0.1, 0.15) is 4.90 Å². The van der Waals surface area contributed by atoms with Gasteiger partial charge < -0.3 is 10.3 Å². The van der Waals surface area contributed by atoms with E-state index in [1.54, 1.807) is 16.6 Å². The Kier molecular flexibility index (Phi) is 5.11. The number of aromatic nitrogens is 1. The van der Waals surface area contributed by atoms with Gasteiger partial charge in [0.25, 0.3) is 0 Å². The molecule has 0 bridgehead atoms. The van der Waals surface area contributed by atoms with Crippen molar-refractivity contribution in [3.05, 3.63) is 18.0 Å². The van der Waals surface area contributed by atoms with E-state index in [0.717, 1.165) is 31.5 Å². The van der Waals surface area contributed by atoms with E-state index in [1.165, 1.54) is 0 Å². The second-order valence-electron chi connectivity index (χ2n) is 6.26. The average Bonchev–Trinajstić information content (AvgIpc) is 3.16. The van der Waals surface area contributed by atoms with Gasteiger partial charge in [0, 0.05) is 37.6 Å². The third kappa shape index (κ3) is 3.67. The van der Waals surface area contributed by atoms with Crippen LogP contribution >= 0.6 is 0 Å². The maximum atomic E-state index is 12.9. The van der Waals surface area contributed by atoms with Crippen molar-refractivity contribution in [3.8, 4) is 0 Å². The van der Waals surface area contributed by atoms with Crippen LogP contribution < -0.4 is 5.73 Å². The minimum absolute atomic E-state index is 0.188. The van der Waals surface area contributed by atoms with Gasteiger partial charge >= 0.3 is 0 Å². The normalized spacial score (nSPS) is 16.1. The van der Waals surface area contributed by atoms with Gasteiger partial charge in [-0.3, -0.25) is 0 Å². The van der Waals surface area contributed by atoms with E-state index < -0.39 is 10.0 Å². The molecular formula is C15H27N3O2S. The molecule has 1 heterocycles. The number of sulfonamides is 1. The van der Waals surface area contributed by atoms with Gasteiger partial charge in [-0.15, -0.1) is 0 Å². The van der Waals surface area contributed by atoms with Crippen molar-refractivity contribution in [2.75, 3.05) is 6.54 Å². The summed E-state index contributed by atoms with van der Waals surface area (Å²) in [5.41, 5.74) is 6.62. The van der Waals surface area contributed by atoms with Crippen LogP contribution in [0.15, 0.2) is 17.2 Å². The van der Waals surface area contributed by atoms with E-state index in [-0.39, 0.29) is 6.04 Å². The van der Waals surface area contributed by atoms with Crippen molar-refractivity contribution >= 4 is 10.0 Å². The Hall–Kier alpha value is -0.850. The fourth-order valence-electron chi connectivity index (χ4n) is 2.59. The molecule has 6 heteroatoms. The maximum absolute atomic E-state index is 12.9. The van der Waals surface area contributed by atoms with Gasteiger partial charge in [0.15, 0.2) is 0 Å². The van der Waals surface area contributed by atoms with E-state index in [2.05, 4.69) is 20.8 Å². The first-order chi connectivity index (χ1) is 9.90. The van der Waals surface area contributed by atoms with Crippen LogP contribution in [0.1, 0.15) is 45.7 Å². The zero-order valence-corrected chi connectivity index (χ0v) is 14.1. The Morgan fingerprint density at radius 3 is 2.57 bits per heavy atom. The summed E-state index contributed by atoms with van der Waals surface area (Å²) >= 11 is 0. The minimum Gasteiger partial charge on any atom is -0.349 e. The maximum Gasteiger partial charge on any atom is 0.244 e. The number of nitrogens with zero attached hydrogens (tertiary/aromatic N) is 2. The van der Waals surface area contributed by atoms with Crippen molar-refractivity contribution in [1.82, 2.24) is 8.87 Å². The second-order valence-corrected chi connectivity index (χ2v) is 8.15. The lowest BCUT2D eigenvalue weighted by atomic mass is 10.2. The van der Waals surface area contributed by atoms with Crippen molar-refractivity contribution in [3.63, 3.8) is 0 Å².